The highest BCUT2D eigenvalue weighted by atomic mass is 16.5. The van der Waals surface area contributed by atoms with Crippen LogP contribution in [0.2, 0.25) is 0 Å². The van der Waals surface area contributed by atoms with Crippen molar-refractivity contribution in [3.63, 3.8) is 0 Å². The lowest BCUT2D eigenvalue weighted by atomic mass is 9.79. The van der Waals surface area contributed by atoms with Crippen LogP contribution in [0.1, 0.15) is 37.9 Å². The summed E-state index contributed by atoms with van der Waals surface area (Å²) in [6.07, 6.45) is 7.15. The van der Waals surface area contributed by atoms with Gasteiger partial charge in [0, 0.05) is 13.5 Å². The zero-order chi connectivity index (χ0) is 11.4. The number of furan rings is 1. The summed E-state index contributed by atoms with van der Waals surface area (Å²) in [7, 11) is 1.71. The van der Waals surface area contributed by atoms with Gasteiger partial charge in [-0.1, -0.05) is 19.3 Å². The number of aliphatic hydroxyl groups is 1. The Morgan fingerprint density at radius 2 is 2.19 bits per heavy atom. The minimum Gasteiger partial charge on any atom is -0.469 e. The Kier molecular flexibility index (Phi) is 3.66. The molecule has 1 fully saturated rings. The molecule has 0 saturated heterocycles. The molecular weight excluding hydrogens is 204 g/mol. The second-order valence-corrected chi connectivity index (χ2v) is 4.63. The third kappa shape index (κ3) is 2.30. The second kappa shape index (κ2) is 5.02. The lowest BCUT2D eigenvalue weighted by Gasteiger charge is -2.39. The van der Waals surface area contributed by atoms with E-state index in [1.807, 2.05) is 12.1 Å². The van der Waals surface area contributed by atoms with E-state index >= 15 is 0 Å². The number of aliphatic hydroxyl groups excluding tert-OH is 1. The fourth-order valence-electron chi connectivity index (χ4n) is 2.63. The van der Waals surface area contributed by atoms with Gasteiger partial charge in [-0.25, -0.2) is 0 Å². The van der Waals surface area contributed by atoms with Gasteiger partial charge in [-0.05, 0) is 25.0 Å². The molecule has 90 valence electrons. The molecule has 2 rings (SSSR count). The van der Waals surface area contributed by atoms with Crippen LogP contribution in [-0.4, -0.2) is 23.9 Å². The molecule has 0 spiro atoms. The summed E-state index contributed by atoms with van der Waals surface area (Å²) in [6, 6.07) is 3.75. The number of ether oxygens (including phenoxy) is 1. The summed E-state index contributed by atoms with van der Waals surface area (Å²) in [5, 5.41) is 10.3. The largest absolute Gasteiger partial charge is 0.469 e. The Labute approximate surface area is 96.4 Å². The van der Waals surface area contributed by atoms with E-state index in [9.17, 15) is 5.11 Å². The molecule has 1 aromatic heterocycles. The Morgan fingerprint density at radius 1 is 1.44 bits per heavy atom. The average Bonchev–Trinajstić information content (AvgIpc) is 2.82. The highest BCUT2D eigenvalue weighted by molar-refractivity contribution is 5.03. The van der Waals surface area contributed by atoms with Crippen LogP contribution in [0.3, 0.4) is 0 Å². The van der Waals surface area contributed by atoms with Gasteiger partial charge in [-0.3, -0.25) is 0 Å². The fraction of sp³-hybridized carbons (Fsp3) is 0.692. The fourth-order valence-corrected chi connectivity index (χ4v) is 2.63. The molecule has 1 heterocycles. The lowest BCUT2D eigenvalue weighted by Crippen LogP contribution is -2.46. The molecule has 0 bridgehead atoms. The van der Waals surface area contributed by atoms with E-state index in [-0.39, 0.29) is 5.60 Å². The van der Waals surface area contributed by atoms with Crippen LogP contribution in [0.4, 0.5) is 0 Å². The van der Waals surface area contributed by atoms with Gasteiger partial charge in [0.15, 0.2) is 0 Å². The maximum atomic E-state index is 10.3. The molecule has 1 atom stereocenters. The predicted octanol–water partition coefficient (Wildman–Crippen LogP) is 2.53. The molecule has 1 saturated carbocycles. The predicted molar refractivity (Wildman–Crippen MR) is 61.2 cm³/mol. The third-order valence-corrected chi connectivity index (χ3v) is 3.69. The second-order valence-electron chi connectivity index (χ2n) is 4.63. The van der Waals surface area contributed by atoms with Crippen molar-refractivity contribution in [1.82, 2.24) is 0 Å². The highest BCUT2D eigenvalue weighted by Gasteiger charge is 2.39. The first-order valence-corrected chi connectivity index (χ1v) is 6.02. The van der Waals surface area contributed by atoms with Crippen molar-refractivity contribution in [2.24, 2.45) is 0 Å². The number of hydrogen-bond acceptors (Lipinski definition) is 3. The van der Waals surface area contributed by atoms with Crippen LogP contribution in [0.15, 0.2) is 22.8 Å². The Hall–Kier alpha value is -0.800. The molecule has 1 unspecified atom stereocenters. The summed E-state index contributed by atoms with van der Waals surface area (Å²) in [4.78, 5) is 0. The summed E-state index contributed by atoms with van der Waals surface area (Å²) < 4.78 is 10.9. The van der Waals surface area contributed by atoms with Gasteiger partial charge < -0.3 is 14.3 Å². The first kappa shape index (κ1) is 11.7. The normalized spacial score (nSPS) is 21.9. The van der Waals surface area contributed by atoms with Crippen molar-refractivity contribution < 1.29 is 14.3 Å². The van der Waals surface area contributed by atoms with E-state index in [1.54, 1.807) is 13.4 Å². The molecule has 0 radical (unpaired) electrons. The molecule has 16 heavy (non-hydrogen) atoms. The number of methoxy groups -OCH3 is 1. The van der Waals surface area contributed by atoms with E-state index < -0.39 is 6.10 Å². The van der Waals surface area contributed by atoms with Crippen molar-refractivity contribution in [1.29, 1.82) is 0 Å². The smallest absolute Gasteiger partial charge is 0.106 e. The summed E-state index contributed by atoms with van der Waals surface area (Å²) in [5.41, 5.74) is -0.356. The Morgan fingerprint density at radius 3 is 2.75 bits per heavy atom. The molecule has 0 aliphatic heterocycles. The van der Waals surface area contributed by atoms with Crippen LogP contribution in [0.5, 0.6) is 0 Å². The topological polar surface area (TPSA) is 42.6 Å². The average molecular weight is 224 g/mol. The minimum atomic E-state index is -0.469. The summed E-state index contributed by atoms with van der Waals surface area (Å²) >= 11 is 0. The highest BCUT2D eigenvalue weighted by Crippen LogP contribution is 2.35. The summed E-state index contributed by atoms with van der Waals surface area (Å²) in [5.74, 6) is 0.828. The number of rotatable bonds is 4. The van der Waals surface area contributed by atoms with Crippen molar-refractivity contribution in [3.8, 4) is 0 Å². The van der Waals surface area contributed by atoms with Crippen molar-refractivity contribution in [2.45, 2.75) is 50.2 Å². The maximum absolute atomic E-state index is 10.3. The maximum Gasteiger partial charge on any atom is 0.106 e. The SMILES string of the molecule is COC1(C(O)Cc2ccco2)CCCCC1. The zero-order valence-corrected chi connectivity index (χ0v) is 9.82. The standard InChI is InChI=1S/C13H20O3/c1-15-13(7-3-2-4-8-13)12(14)10-11-6-5-9-16-11/h5-6,9,12,14H,2-4,7-8,10H2,1H3. The van der Waals surface area contributed by atoms with Crippen molar-refractivity contribution in [2.75, 3.05) is 7.11 Å². The van der Waals surface area contributed by atoms with Gasteiger partial charge in [0.05, 0.1) is 18.0 Å². The van der Waals surface area contributed by atoms with Crippen LogP contribution in [0, 0.1) is 0 Å². The van der Waals surface area contributed by atoms with Gasteiger partial charge >= 0.3 is 0 Å². The van der Waals surface area contributed by atoms with E-state index in [4.69, 9.17) is 9.15 Å². The van der Waals surface area contributed by atoms with E-state index in [0.717, 1.165) is 31.4 Å². The van der Waals surface area contributed by atoms with Gasteiger partial charge in [0.1, 0.15) is 5.76 Å². The van der Waals surface area contributed by atoms with E-state index in [0.29, 0.717) is 6.42 Å². The zero-order valence-electron chi connectivity index (χ0n) is 9.82. The van der Waals surface area contributed by atoms with E-state index in [2.05, 4.69) is 0 Å². The van der Waals surface area contributed by atoms with Crippen LogP contribution in [-0.2, 0) is 11.2 Å². The molecule has 3 heteroatoms. The molecule has 1 aliphatic carbocycles. The van der Waals surface area contributed by atoms with Crippen molar-refractivity contribution >= 4 is 0 Å². The third-order valence-electron chi connectivity index (χ3n) is 3.69. The van der Waals surface area contributed by atoms with Crippen LogP contribution < -0.4 is 0 Å². The molecule has 0 aromatic carbocycles. The van der Waals surface area contributed by atoms with E-state index in [1.165, 1.54) is 6.42 Å². The van der Waals surface area contributed by atoms with Crippen LogP contribution in [0.25, 0.3) is 0 Å². The van der Waals surface area contributed by atoms with Gasteiger partial charge in [-0.2, -0.15) is 0 Å². The molecule has 0 amide bonds. The minimum absolute atomic E-state index is 0.356. The summed E-state index contributed by atoms with van der Waals surface area (Å²) in [6.45, 7) is 0. The van der Waals surface area contributed by atoms with Gasteiger partial charge in [-0.15, -0.1) is 0 Å². The monoisotopic (exact) mass is 224 g/mol. The Balaban J connectivity index is 2.02. The Bertz CT molecular complexity index is 299. The van der Waals surface area contributed by atoms with Crippen LogP contribution >= 0.6 is 0 Å². The quantitative estimate of drug-likeness (QED) is 0.854. The molecule has 1 aliphatic rings. The molecule has 1 aromatic rings. The van der Waals surface area contributed by atoms with Gasteiger partial charge in [0.2, 0.25) is 0 Å². The first-order chi connectivity index (χ1) is 7.77. The number of hydrogen-bond donors (Lipinski definition) is 1. The van der Waals surface area contributed by atoms with Crippen molar-refractivity contribution in [3.05, 3.63) is 24.2 Å². The molecule has 1 N–H and O–H groups in total. The molecule has 3 nitrogen and oxygen atoms in total. The molecular formula is C13H20O3. The first-order valence-electron chi connectivity index (χ1n) is 6.02. The lowest BCUT2D eigenvalue weighted by molar-refractivity contribution is -0.123. The van der Waals surface area contributed by atoms with Gasteiger partial charge in [0.25, 0.3) is 0 Å².